The minimum Gasteiger partial charge on any atom is -0.390 e. The third kappa shape index (κ3) is 2.75. The standard InChI is InChI=1S/C10H12BrNO3S/c11-7-1-3-8(4-2-7)12-9-5-16(14,15)6-10(9)13/h1-4,9-10,12-13H,5-6H2. The molecule has 1 aromatic carbocycles. The summed E-state index contributed by atoms with van der Waals surface area (Å²) in [7, 11) is -3.09. The normalized spacial score (nSPS) is 27.9. The molecule has 0 saturated carbocycles. The Labute approximate surface area is 103 Å². The third-order valence-electron chi connectivity index (χ3n) is 2.52. The number of anilines is 1. The Balaban J connectivity index is 2.08. The van der Waals surface area contributed by atoms with Gasteiger partial charge in [-0.05, 0) is 24.3 Å². The van der Waals surface area contributed by atoms with Crippen molar-refractivity contribution < 1.29 is 13.5 Å². The molecular formula is C10H12BrNO3S. The largest absolute Gasteiger partial charge is 0.390 e. The van der Waals surface area contributed by atoms with E-state index in [2.05, 4.69) is 21.2 Å². The Morgan fingerprint density at radius 1 is 1.25 bits per heavy atom. The molecule has 16 heavy (non-hydrogen) atoms. The van der Waals surface area contributed by atoms with Gasteiger partial charge < -0.3 is 10.4 Å². The fourth-order valence-corrected chi connectivity index (χ4v) is 3.73. The highest BCUT2D eigenvalue weighted by Gasteiger charge is 2.36. The van der Waals surface area contributed by atoms with Gasteiger partial charge in [0, 0.05) is 10.2 Å². The van der Waals surface area contributed by atoms with Gasteiger partial charge in [0.2, 0.25) is 0 Å². The summed E-state index contributed by atoms with van der Waals surface area (Å²) >= 11 is 3.32. The Bertz CT molecular complexity index is 471. The van der Waals surface area contributed by atoms with Gasteiger partial charge in [-0.25, -0.2) is 8.42 Å². The van der Waals surface area contributed by atoms with E-state index in [0.29, 0.717) is 0 Å². The second kappa shape index (κ2) is 4.35. The molecule has 0 amide bonds. The SMILES string of the molecule is O=S1(=O)CC(O)C(Nc2ccc(Br)cc2)C1. The fourth-order valence-electron chi connectivity index (χ4n) is 1.73. The van der Waals surface area contributed by atoms with Crippen LogP contribution in [0, 0.1) is 0 Å². The molecule has 2 N–H and O–H groups in total. The van der Waals surface area contributed by atoms with Crippen molar-refractivity contribution in [1.82, 2.24) is 0 Å². The van der Waals surface area contributed by atoms with E-state index in [-0.39, 0.29) is 11.5 Å². The van der Waals surface area contributed by atoms with Gasteiger partial charge in [-0.1, -0.05) is 15.9 Å². The molecule has 1 aliphatic rings. The first-order chi connectivity index (χ1) is 7.46. The first-order valence-corrected chi connectivity index (χ1v) is 7.48. The highest BCUT2D eigenvalue weighted by Crippen LogP contribution is 2.19. The van der Waals surface area contributed by atoms with Crippen LogP contribution in [0.4, 0.5) is 5.69 Å². The summed E-state index contributed by atoms with van der Waals surface area (Å²) < 4.78 is 23.5. The highest BCUT2D eigenvalue weighted by molar-refractivity contribution is 9.10. The molecule has 88 valence electrons. The molecule has 4 nitrogen and oxygen atoms in total. The van der Waals surface area contributed by atoms with Gasteiger partial charge in [-0.15, -0.1) is 0 Å². The molecule has 0 radical (unpaired) electrons. The zero-order valence-corrected chi connectivity index (χ0v) is 10.8. The van der Waals surface area contributed by atoms with Crippen molar-refractivity contribution in [3.63, 3.8) is 0 Å². The zero-order chi connectivity index (χ0) is 11.8. The van der Waals surface area contributed by atoms with Gasteiger partial charge >= 0.3 is 0 Å². The van der Waals surface area contributed by atoms with Crippen molar-refractivity contribution in [1.29, 1.82) is 0 Å². The fraction of sp³-hybridized carbons (Fsp3) is 0.400. The third-order valence-corrected chi connectivity index (χ3v) is 4.76. The molecule has 1 aliphatic heterocycles. The van der Waals surface area contributed by atoms with Crippen LogP contribution in [0.15, 0.2) is 28.7 Å². The Kier molecular flexibility index (Phi) is 3.23. The van der Waals surface area contributed by atoms with Crippen LogP contribution < -0.4 is 5.32 Å². The number of nitrogens with one attached hydrogen (secondary N) is 1. The van der Waals surface area contributed by atoms with Crippen molar-refractivity contribution in [2.24, 2.45) is 0 Å². The van der Waals surface area contributed by atoms with E-state index in [4.69, 9.17) is 0 Å². The van der Waals surface area contributed by atoms with Crippen LogP contribution in [-0.4, -0.2) is 37.2 Å². The molecule has 0 bridgehead atoms. The summed E-state index contributed by atoms with van der Waals surface area (Å²) in [5, 5.41) is 12.6. The van der Waals surface area contributed by atoms with E-state index in [9.17, 15) is 13.5 Å². The van der Waals surface area contributed by atoms with Crippen molar-refractivity contribution in [3.8, 4) is 0 Å². The van der Waals surface area contributed by atoms with Gasteiger partial charge in [0.1, 0.15) is 0 Å². The van der Waals surface area contributed by atoms with Crippen molar-refractivity contribution in [2.75, 3.05) is 16.8 Å². The molecule has 0 spiro atoms. The minimum atomic E-state index is -3.09. The minimum absolute atomic E-state index is 0.00969. The number of hydrogen-bond acceptors (Lipinski definition) is 4. The molecule has 2 atom stereocenters. The van der Waals surface area contributed by atoms with Crippen LogP contribution in [0.2, 0.25) is 0 Å². The Hall–Kier alpha value is -0.590. The van der Waals surface area contributed by atoms with E-state index >= 15 is 0 Å². The molecule has 1 fully saturated rings. The van der Waals surface area contributed by atoms with Crippen molar-refractivity contribution in [2.45, 2.75) is 12.1 Å². The number of aliphatic hydroxyl groups excluding tert-OH is 1. The van der Waals surface area contributed by atoms with Crippen LogP contribution in [0.3, 0.4) is 0 Å². The lowest BCUT2D eigenvalue weighted by Crippen LogP contribution is -2.31. The summed E-state index contributed by atoms with van der Waals surface area (Å²) in [6.07, 6.45) is -0.825. The summed E-state index contributed by atoms with van der Waals surface area (Å²) in [6, 6.07) is 6.98. The second-order valence-electron chi connectivity index (χ2n) is 3.90. The van der Waals surface area contributed by atoms with Gasteiger partial charge in [0.25, 0.3) is 0 Å². The van der Waals surface area contributed by atoms with Crippen LogP contribution in [0.25, 0.3) is 0 Å². The molecule has 0 aromatic heterocycles. The van der Waals surface area contributed by atoms with Gasteiger partial charge in [-0.2, -0.15) is 0 Å². The monoisotopic (exact) mass is 305 g/mol. The molecule has 0 aliphatic carbocycles. The lowest BCUT2D eigenvalue weighted by atomic mass is 10.2. The maximum atomic E-state index is 11.3. The Morgan fingerprint density at radius 3 is 2.38 bits per heavy atom. The second-order valence-corrected chi connectivity index (χ2v) is 6.97. The molecule has 1 heterocycles. The number of sulfone groups is 1. The number of benzene rings is 1. The number of hydrogen-bond donors (Lipinski definition) is 2. The van der Waals surface area contributed by atoms with E-state index < -0.39 is 22.0 Å². The van der Waals surface area contributed by atoms with Crippen LogP contribution >= 0.6 is 15.9 Å². The topological polar surface area (TPSA) is 66.4 Å². The predicted molar refractivity (Wildman–Crippen MR) is 66.2 cm³/mol. The van der Waals surface area contributed by atoms with Crippen molar-refractivity contribution in [3.05, 3.63) is 28.7 Å². The molecule has 1 saturated heterocycles. The molecular weight excluding hydrogens is 294 g/mol. The van der Waals surface area contributed by atoms with Gasteiger partial charge in [-0.3, -0.25) is 0 Å². The number of halogens is 1. The predicted octanol–water partition coefficient (Wildman–Crippen LogP) is 1.02. The van der Waals surface area contributed by atoms with Crippen LogP contribution in [-0.2, 0) is 9.84 Å². The van der Waals surface area contributed by atoms with E-state index in [1.165, 1.54) is 0 Å². The van der Waals surface area contributed by atoms with E-state index in [1.807, 2.05) is 24.3 Å². The molecule has 6 heteroatoms. The first kappa shape index (κ1) is 11.9. The zero-order valence-electron chi connectivity index (χ0n) is 8.43. The van der Waals surface area contributed by atoms with Crippen LogP contribution in [0.5, 0.6) is 0 Å². The highest BCUT2D eigenvalue weighted by atomic mass is 79.9. The summed E-state index contributed by atoms with van der Waals surface area (Å²) in [6.45, 7) is 0. The lowest BCUT2D eigenvalue weighted by molar-refractivity contribution is 0.190. The van der Waals surface area contributed by atoms with Crippen LogP contribution in [0.1, 0.15) is 0 Å². The van der Waals surface area contributed by atoms with Crippen molar-refractivity contribution >= 4 is 31.5 Å². The summed E-state index contributed by atoms with van der Waals surface area (Å²) in [5.41, 5.74) is 0.810. The average molecular weight is 306 g/mol. The van der Waals surface area contributed by atoms with Gasteiger partial charge in [0.05, 0.1) is 23.7 Å². The summed E-state index contributed by atoms with van der Waals surface area (Å²) in [5.74, 6) is -0.161. The average Bonchev–Trinajstić information content (AvgIpc) is 2.44. The molecule has 1 aromatic rings. The first-order valence-electron chi connectivity index (χ1n) is 4.87. The Morgan fingerprint density at radius 2 is 1.88 bits per heavy atom. The van der Waals surface area contributed by atoms with E-state index in [0.717, 1.165) is 10.2 Å². The quantitative estimate of drug-likeness (QED) is 0.856. The van der Waals surface area contributed by atoms with E-state index in [1.54, 1.807) is 0 Å². The van der Waals surface area contributed by atoms with Gasteiger partial charge in [0.15, 0.2) is 9.84 Å². The maximum Gasteiger partial charge on any atom is 0.155 e. The number of aliphatic hydroxyl groups is 1. The smallest absolute Gasteiger partial charge is 0.155 e. The maximum absolute atomic E-state index is 11.3. The lowest BCUT2D eigenvalue weighted by Gasteiger charge is -2.16. The number of rotatable bonds is 2. The molecule has 2 rings (SSSR count). The summed E-state index contributed by atoms with van der Waals surface area (Å²) in [4.78, 5) is 0. The molecule has 2 unspecified atom stereocenters.